The Morgan fingerprint density at radius 2 is 2.03 bits per heavy atom. The highest BCUT2D eigenvalue weighted by molar-refractivity contribution is 5.98. The molecule has 1 fully saturated rings. The number of hydrogen-bond donors (Lipinski definition) is 1. The molecule has 2 aliphatic rings. The number of aromatic amines is 1. The van der Waals surface area contributed by atoms with E-state index >= 15 is 0 Å². The van der Waals surface area contributed by atoms with Crippen LogP contribution in [0.5, 0.6) is 0 Å². The number of piperidine rings is 1. The van der Waals surface area contributed by atoms with Crippen LogP contribution in [0.1, 0.15) is 71.1 Å². The number of pyridine rings is 1. The first-order chi connectivity index (χ1) is 14.9. The van der Waals surface area contributed by atoms with Crippen molar-refractivity contribution in [2.24, 2.45) is 5.41 Å². The van der Waals surface area contributed by atoms with Gasteiger partial charge in [0.05, 0.1) is 22.8 Å². The van der Waals surface area contributed by atoms with Crippen molar-refractivity contribution in [3.63, 3.8) is 0 Å². The Hall–Kier alpha value is -3.47. The average molecular weight is 416 g/mol. The van der Waals surface area contributed by atoms with Crippen molar-refractivity contribution in [3.8, 4) is 6.07 Å². The number of hydrogen-bond acceptors (Lipinski definition) is 5. The van der Waals surface area contributed by atoms with Crippen molar-refractivity contribution < 1.29 is 9.59 Å². The predicted molar refractivity (Wildman–Crippen MR) is 114 cm³/mol. The largest absolute Gasteiger partial charge is 0.359 e. The summed E-state index contributed by atoms with van der Waals surface area (Å²) in [6.45, 7) is 5.31. The molecule has 0 atom stereocenters. The second kappa shape index (κ2) is 7.05. The molecule has 1 saturated heterocycles. The third-order valence-electron chi connectivity index (χ3n) is 6.72. The van der Waals surface area contributed by atoms with E-state index in [0.29, 0.717) is 41.7 Å². The quantitative estimate of drug-likeness (QED) is 0.690. The molecule has 1 aliphatic heterocycles. The zero-order chi connectivity index (χ0) is 21.8. The number of Topliss-reactive ketones (excluding diaryl/α,β-unsaturated/α-hetero) is 1. The topological polar surface area (TPSA) is 108 Å². The van der Waals surface area contributed by atoms with E-state index in [0.717, 1.165) is 30.5 Å². The zero-order valence-electron chi connectivity index (χ0n) is 17.7. The van der Waals surface area contributed by atoms with Crippen LogP contribution in [0.4, 0.5) is 0 Å². The van der Waals surface area contributed by atoms with Gasteiger partial charge in [-0.05, 0) is 44.6 Å². The predicted octanol–water partition coefficient (Wildman–Crippen LogP) is 3.26. The number of carbonyl (C=O) groups excluding carboxylic acids is 2. The molecule has 1 spiro atoms. The maximum Gasteiger partial charge on any atom is 0.255 e. The lowest BCUT2D eigenvalue weighted by Gasteiger charge is -2.43. The summed E-state index contributed by atoms with van der Waals surface area (Å²) in [5.41, 5.74) is 3.96. The molecule has 0 saturated carbocycles. The van der Waals surface area contributed by atoms with Crippen LogP contribution < -0.4 is 0 Å². The van der Waals surface area contributed by atoms with Gasteiger partial charge in [-0.25, -0.2) is 0 Å². The number of nitrogens with zero attached hydrogens (tertiary/aromatic N) is 5. The Morgan fingerprint density at radius 3 is 2.74 bits per heavy atom. The number of aromatic nitrogens is 4. The molecule has 1 amide bonds. The van der Waals surface area contributed by atoms with E-state index in [4.69, 9.17) is 5.26 Å². The molecule has 3 aromatic heterocycles. The summed E-state index contributed by atoms with van der Waals surface area (Å²) in [5.74, 6) is 0.106. The van der Waals surface area contributed by atoms with Crippen LogP contribution in [0.2, 0.25) is 0 Å². The van der Waals surface area contributed by atoms with Gasteiger partial charge in [0.1, 0.15) is 17.3 Å². The van der Waals surface area contributed by atoms with Gasteiger partial charge in [0, 0.05) is 43.5 Å². The van der Waals surface area contributed by atoms with Crippen molar-refractivity contribution >= 4 is 22.7 Å². The third-order valence-corrected chi connectivity index (χ3v) is 6.72. The molecular formula is C23H24N6O2. The lowest BCUT2D eigenvalue weighted by Crippen LogP contribution is -2.46. The van der Waals surface area contributed by atoms with Gasteiger partial charge in [-0.15, -0.1) is 0 Å². The highest BCUT2D eigenvalue weighted by Gasteiger charge is 2.43. The Labute approximate surface area is 179 Å². The number of nitriles is 1. The first kappa shape index (κ1) is 19.5. The number of nitrogens with one attached hydrogen (secondary N) is 1. The summed E-state index contributed by atoms with van der Waals surface area (Å²) in [4.78, 5) is 35.2. The minimum Gasteiger partial charge on any atom is -0.359 e. The van der Waals surface area contributed by atoms with E-state index < -0.39 is 0 Å². The summed E-state index contributed by atoms with van der Waals surface area (Å²) in [7, 11) is 0. The molecule has 31 heavy (non-hydrogen) atoms. The number of likely N-dealkylation sites (tertiary alicyclic amines) is 1. The highest BCUT2D eigenvalue weighted by atomic mass is 16.2. The van der Waals surface area contributed by atoms with Crippen molar-refractivity contribution in [3.05, 3.63) is 47.0 Å². The third kappa shape index (κ3) is 3.12. The Bertz CT molecular complexity index is 1240. The lowest BCUT2D eigenvalue weighted by molar-refractivity contribution is 0.0517. The Balaban J connectivity index is 1.32. The second-order valence-electron chi connectivity index (χ2n) is 9.06. The molecule has 5 rings (SSSR count). The van der Waals surface area contributed by atoms with Crippen molar-refractivity contribution in [1.29, 1.82) is 5.26 Å². The van der Waals surface area contributed by atoms with Crippen LogP contribution in [-0.2, 0) is 6.42 Å². The van der Waals surface area contributed by atoms with Gasteiger partial charge in [0.25, 0.3) is 5.91 Å². The normalized spacial score (nSPS) is 17.9. The minimum absolute atomic E-state index is 0.0622. The van der Waals surface area contributed by atoms with Crippen molar-refractivity contribution in [2.75, 3.05) is 13.1 Å². The smallest absolute Gasteiger partial charge is 0.255 e. The maximum absolute atomic E-state index is 13.1. The molecule has 8 heteroatoms. The summed E-state index contributed by atoms with van der Waals surface area (Å²) in [6.07, 6.45) is 7.95. The van der Waals surface area contributed by atoms with Gasteiger partial charge in [-0.3, -0.25) is 19.3 Å². The van der Waals surface area contributed by atoms with Crippen LogP contribution in [0.25, 0.3) is 11.0 Å². The SMILES string of the molecule is CC(C)n1ncc2c1C(=O)CC1(CCN(C(=O)c3cnc4c(C#N)c[nH]c4c3)CC1)C2. The van der Waals surface area contributed by atoms with Gasteiger partial charge < -0.3 is 9.88 Å². The molecule has 3 aromatic rings. The molecule has 0 bridgehead atoms. The first-order valence-corrected chi connectivity index (χ1v) is 10.7. The van der Waals surface area contributed by atoms with Gasteiger partial charge in [0.2, 0.25) is 0 Å². The van der Waals surface area contributed by atoms with E-state index in [9.17, 15) is 9.59 Å². The van der Waals surface area contributed by atoms with E-state index in [1.807, 2.05) is 29.6 Å². The fourth-order valence-corrected chi connectivity index (χ4v) is 5.05. The first-order valence-electron chi connectivity index (χ1n) is 10.7. The van der Waals surface area contributed by atoms with Gasteiger partial charge in [-0.1, -0.05) is 0 Å². The maximum atomic E-state index is 13.1. The van der Waals surface area contributed by atoms with E-state index in [1.165, 1.54) is 0 Å². The fraction of sp³-hybridized carbons (Fsp3) is 0.435. The summed E-state index contributed by atoms with van der Waals surface area (Å²) in [6, 6.07) is 4.01. The number of H-pyrrole nitrogens is 1. The molecular weight excluding hydrogens is 392 g/mol. The average Bonchev–Trinajstić information content (AvgIpc) is 3.37. The number of rotatable bonds is 2. The number of ketones is 1. The highest BCUT2D eigenvalue weighted by Crippen LogP contribution is 2.44. The summed E-state index contributed by atoms with van der Waals surface area (Å²) in [5, 5.41) is 13.6. The minimum atomic E-state index is -0.0882. The summed E-state index contributed by atoms with van der Waals surface area (Å²) < 4.78 is 1.84. The van der Waals surface area contributed by atoms with Gasteiger partial charge >= 0.3 is 0 Å². The molecule has 1 aliphatic carbocycles. The fourth-order valence-electron chi connectivity index (χ4n) is 5.05. The standard InChI is InChI=1S/C23H24N6O2/c1-14(2)29-21-16(13-27-29)8-23(9-19(21)30)3-5-28(6-4-23)22(31)15-7-18-20(26-11-15)17(10-24)12-25-18/h7,11-14,25H,3-6,8-9H2,1-2H3. The van der Waals surface area contributed by atoms with Crippen LogP contribution in [0.15, 0.2) is 24.7 Å². The molecule has 4 heterocycles. The Morgan fingerprint density at radius 1 is 1.26 bits per heavy atom. The van der Waals surface area contributed by atoms with Crippen LogP contribution >= 0.6 is 0 Å². The van der Waals surface area contributed by atoms with Crippen LogP contribution in [-0.4, -0.2) is 49.4 Å². The second-order valence-corrected chi connectivity index (χ2v) is 9.06. The summed E-state index contributed by atoms with van der Waals surface area (Å²) >= 11 is 0. The van der Waals surface area contributed by atoms with Gasteiger partial charge in [0.15, 0.2) is 5.78 Å². The van der Waals surface area contributed by atoms with Crippen molar-refractivity contribution in [1.82, 2.24) is 24.6 Å². The number of fused-ring (bicyclic) bond motifs is 2. The van der Waals surface area contributed by atoms with Crippen LogP contribution in [0, 0.1) is 16.7 Å². The van der Waals surface area contributed by atoms with Crippen LogP contribution in [0.3, 0.4) is 0 Å². The number of amides is 1. The lowest BCUT2D eigenvalue weighted by atomic mass is 9.67. The zero-order valence-corrected chi connectivity index (χ0v) is 17.7. The van der Waals surface area contributed by atoms with E-state index in [1.54, 1.807) is 18.5 Å². The molecule has 0 aromatic carbocycles. The number of carbonyl (C=O) groups is 2. The molecule has 158 valence electrons. The monoisotopic (exact) mass is 416 g/mol. The Kier molecular flexibility index (Phi) is 4.43. The van der Waals surface area contributed by atoms with E-state index in [2.05, 4.69) is 21.1 Å². The van der Waals surface area contributed by atoms with Gasteiger partial charge in [-0.2, -0.15) is 10.4 Å². The van der Waals surface area contributed by atoms with E-state index in [-0.39, 0.29) is 23.1 Å². The molecule has 8 nitrogen and oxygen atoms in total. The molecule has 0 radical (unpaired) electrons. The molecule has 0 unspecified atom stereocenters. The van der Waals surface area contributed by atoms with Crippen molar-refractivity contribution in [2.45, 2.75) is 45.6 Å². The molecule has 1 N–H and O–H groups in total.